The summed E-state index contributed by atoms with van der Waals surface area (Å²) in [6, 6.07) is 11.5. The lowest BCUT2D eigenvalue weighted by molar-refractivity contribution is 0.327. The molecule has 17 heavy (non-hydrogen) atoms. The highest BCUT2D eigenvalue weighted by molar-refractivity contribution is 5.20. The lowest BCUT2D eigenvalue weighted by Crippen LogP contribution is -2.33. The van der Waals surface area contributed by atoms with Gasteiger partial charge in [0.15, 0.2) is 0 Å². The maximum Gasteiger partial charge on any atom is 0.0107 e. The Morgan fingerprint density at radius 1 is 1.29 bits per heavy atom. The Hall–Kier alpha value is -0.860. The first-order chi connectivity index (χ1) is 8.25. The van der Waals surface area contributed by atoms with Crippen molar-refractivity contribution in [1.82, 2.24) is 10.2 Å². The Labute approximate surface area is 105 Å². The predicted molar refractivity (Wildman–Crippen MR) is 73.4 cm³/mol. The van der Waals surface area contributed by atoms with Gasteiger partial charge in [0.25, 0.3) is 0 Å². The average molecular weight is 232 g/mol. The van der Waals surface area contributed by atoms with Gasteiger partial charge in [0, 0.05) is 25.7 Å². The first-order valence-corrected chi connectivity index (χ1v) is 6.76. The average Bonchev–Trinajstić information content (AvgIpc) is 2.78. The van der Waals surface area contributed by atoms with E-state index in [-0.39, 0.29) is 0 Å². The van der Waals surface area contributed by atoms with Gasteiger partial charge in [-0.3, -0.25) is 0 Å². The lowest BCUT2D eigenvalue weighted by Gasteiger charge is -2.17. The summed E-state index contributed by atoms with van der Waals surface area (Å²) in [4.78, 5) is 2.58. The lowest BCUT2D eigenvalue weighted by atomic mass is 9.99. The molecule has 0 aromatic heterocycles. The number of hydrogen-bond acceptors (Lipinski definition) is 2. The van der Waals surface area contributed by atoms with Crippen LogP contribution in [-0.4, -0.2) is 37.1 Å². The minimum absolute atomic E-state index is 0.600. The summed E-state index contributed by atoms with van der Waals surface area (Å²) in [6.07, 6.45) is 1.31. The van der Waals surface area contributed by atoms with Crippen LogP contribution in [0.15, 0.2) is 30.3 Å². The number of nitrogens with zero attached hydrogens (tertiary/aromatic N) is 1. The minimum atomic E-state index is 0.600. The van der Waals surface area contributed by atoms with E-state index in [1.165, 1.54) is 31.6 Å². The van der Waals surface area contributed by atoms with E-state index in [1.54, 1.807) is 0 Å². The monoisotopic (exact) mass is 232 g/mol. The molecule has 1 aliphatic heterocycles. The molecule has 0 saturated carbocycles. The Kier molecular flexibility index (Phi) is 4.57. The molecule has 0 aliphatic carbocycles. The standard InChI is InChI=1S/C15H24N2/c1-13(2)16-9-11-17-10-8-15(12-17)14-6-4-3-5-7-14/h3-7,13,15-16H,8-12H2,1-2H3. The molecule has 1 fully saturated rings. The third-order valence-electron chi connectivity index (χ3n) is 3.52. The molecular formula is C15H24N2. The molecule has 0 spiro atoms. The summed E-state index contributed by atoms with van der Waals surface area (Å²) in [5.74, 6) is 0.746. The van der Waals surface area contributed by atoms with Crippen molar-refractivity contribution < 1.29 is 0 Å². The van der Waals surface area contributed by atoms with Crippen LogP contribution in [0, 0.1) is 0 Å². The van der Waals surface area contributed by atoms with Gasteiger partial charge in [0.1, 0.15) is 0 Å². The third-order valence-corrected chi connectivity index (χ3v) is 3.52. The summed E-state index contributed by atoms with van der Waals surface area (Å²) in [5.41, 5.74) is 1.51. The quantitative estimate of drug-likeness (QED) is 0.839. The summed E-state index contributed by atoms with van der Waals surface area (Å²) in [5, 5.41) is 3.49. The Bertz CT molecular complexity index is 321. The van der Waals surface area contributed by atoms with Crippen LogP contribution in [0.4, 0.5) is 0 Å². The molecule has 1 heterocycles. The Morgan fingerprint density at radius 3 is 2.76 bits per heavy atom. The van der Waals surface area contributed by atoms with E-state index in [0.29, 0.717) is 6.04 Å². The Morgan fingerprint density at radius 2 is 2.06 bits per heavy atom. The maximum absolute atomic E-state index is 3.49. The zero-order valence-electron chi connectivity index (χ0n) is 11.0. The summed E-state index contributed by atoms with van der Waals surface area (Å²) in [6.45, 7) is 9.18. The molecule has 2 heteroatoms. The van der Waals surface area contributed by atoms with E-state index in [1.807, 2.05) is 0 Å². The van der Waals surface area contributed by atoms with Crippen LogP contribution in [0.2, 0.25) is 0 Å². The molecule has 1 aliphatic rings. The van der Waals surface area contributed by atoms with Crippen molar-refractivity contribution in [3.63, 3.8) is 0 Å². The van der Waals surface area contributed by atoms with Gasteiger partial charge in [-0.2, -0.15) is 0 Å². The van der Waals surface area contributed by atoms with Crippen molar-refractivity contribution in [2.45, 2.75) is 32.2 Å². The second-order valence-electron chi connectivity index (χ2n) is 5.31. The molecule has 1 atom stereocenters. The zero-order chi connectivity index (χ0) is 12.1. The van der Waals surface area contributed by atoms with E-state index in [9.17, 15) is 0 Å². The Balaban J connectivity index is 1.76. The minimum Gasteiger partial charge on any atom is -0.313 e. The molecule has 1 aromatic carbocycles. The molecule has 2 rings (SSSR count). The van der Waals surface area contributed by atoms with Gasteiger partial charge in [0.05, 0.1) is 0 Å². The van der Waals surface area contributed by atoms with Gasteiger partial charge < -0.3 is 10.2 Å². The van der Waals surface area contributed by atoms with Gasteiger partial charge in [-0.1, -0.05) is 44.2 Å². The molecule has 1 saturated heterocycles. The number of benzene rings is 1. The number of rotatable bonds is 5. The second kappa shape index (κ2) is 6.18. The fourth-order valence-corrected chi connectivity index (χ4v) is 2.54. The highest BCUT2D eigenvalue weighted by Gasteiger charge is 2.22. The predicted octanol–water partition coefficient (Wildman–Crippen LogP) is 2.47. The molecule has 0 bridgehead atoms. The van der Waals surface area contributed by atoms with Crippen LogP contribution in [0.25, 0.3) is 0 Å². The second-order valence-corrected chi connectivity index (χ2v) is 5.31. The molecule has 1 N–H and O–H groups in total. The topological polar surface area (TPSA) is 15.3 Å². The molecule has 0 amide bonds. The van der Waals surface area contributed by atoms with Gasteiger partial charge >= 0.3 is 0 Å². The van der Waals surface area contributed by atoms with Crippen LogP contribution >= 0.6 is 0 Å². The fraction of sp³-hybridized carbons (Fsp3) is 0.600. The third kappa shape index (κ3) is 3.83. The van der Waals surface area contributed by atoms with Crippen LogP contribution in [0.3, 0.4) is 0 Å². The molecular weight excluding hydrogens is 208 g/mol. The number of likely N-dealkylation sites (tertiary alicyclic amines) is 1. The first kappa shape index (κ1) is 12.6. The SMILES string of the molecule is CC(C)NCCN1CCC(c2ccccc2)C1. The van der Waals surface area contributed by atoms with Crippen molar-refractivity contribution in [3.8, 4) is 0 Å². The number of hydrogen-bond donors (Lipinski definition) is 1. The van der Waals surface area contributed by atoms with Crippen molar-refractivity contribution in [1.29, 1.82) is 0 Å². The van der Waals surface area contributed by atoms with Crippen LogP contribution in [0.1, 0.15) is 31.7 Å². The van der Waals surface area contributed by atoms with E-state index in [2.05, 4.69) is 54.4 Å². The smallest absolute Gasteiger partial charge is 0.0107 e. The molecule has 94 valence electrons. The largest absolute Gasteiger partial charge is 0.313 e. The van der Waals surface area contributed by atoms with Crippen LogP contribution in [-0.2, 0) is 0 Å². The van der Waals surface area contributed by atoms with Crippen molar-refractivity contribution >= 4 is 0 Å². The van der Waals surface area contributed by atoms with Crippen molar-refractivity contribution in [2.24, 2.45) is 0 Å². The van der Waals surface area contributed by atoms with Gasteiger partial charge in [-0.05, 0) is 24.4 Å². The highest BCUT2D eigenvalue weighted by atomic mass is 15.2. The van der Waals surface area contributed by atoms with E-state index < -0.39 is 0 Å². The van der Waals surface area contributed by atoms with E-state index >= 15 is 0 Å². The zero-order valence-corrected chi connectivity index (χ0v) is 11.0. The van der Waals surface area contributed by atoms with Gasteiger partial charge in [-0.25, -0.2) is 0 Å². The first-order valence-electron chi connectivity index (χ1n) is 6.76. The van der Waals surface area contributed by atoms with Crippen LogP contribution < -0.4 is 5.32 Å². The van der Waals surface area contributed by atoms with E-state index in [4.69, 9.17) is 0 Å². The molecule has 1 aromatic rings. The summed E-state index contributed by atoms with van der Waals surface area (Å²) < 4.78 is 0. The van der Waals surface area contributed by atoms with Crippen molar-refractivity contribution in [2.75, 3.05) is 26.2 Å². The summed E-state index contributed by atoms with van der Waals surface area (Å²) >= 11 is 0. The molecule has 0 radical (unpaired) electrons. The van der Waals surface area contributed by atoms with Crippen molar-refractivity contribution in [3.05, 3.63) is 35.9 Å². The normalized spacial score (nSPS) is 21.2. The highest BCUT2D eigenvalue weighted by Crippen LogP contribution is 2.26. The fourth-order valence-electron chi connectivity index (χ4n) is 2.54. The molecule has 1 unspecified atom stereocenters. The molecule has 2 nitrogen and oxygen atoms in total. The van der Waals surface area contributed by atoms with E-state index in [0.717, 1.165) is 12.5 Å². The van der Waals surface area contributed by atoms with Gasteiger partial charge in [-0.15, -0.1) is 0 Å². The van der Waals surface area contributed by atoms with Gasteiger partial charge in [0.2, 0.25) is 0 Å². The summed E-state index contributed by atoms with van der Waals surface area (Å²) in [7, 11) is 0. The maximum atomic E-state index is 3.49. The number of nitrogens with one attached hydrogen (secondary N) is 1. The van der Waals surface area contributed by atoms with Crippen LogP contribution in [0.5, 0.6) is 0 Å².